The highest BCUT2D eigenvalue weighted by Crippen LogP contribution is 2.19. The minimum atomic E-state index is -2.65. The molecule has 0 saturated heterocycles. The molecule has 0 aliphatic carbocycles. The van der Waals surface area contributed by atoms with Gasteiger partial charge in [0.15, 0.2) is 0 Å². The molecule has 0 bridgehead atoms. The van der Waals surface area contributed by atoms with Crippen molar-refractivity contribution in [1.82, 2.24) is 14.5 Å². The number of hydrogen-bond acceptors (Lipinski definition) is 3. The lowest BCUT2D eigenvalue weighted by Crippen LogP contribution is -2.25. The van der Waals surface area contributed by atoms with E-state index in [-0.39, 0.29) is 30.4 Å². The largest absolute Gasteiger partial charge is 0.324 e. The molecule has 0 atom stereocenters. The molecule has 0 unspecified atom stereocenters. The van der Waals surface area contributed by atoms with Crippen LogP contribution in [0.1, 0.15) is 18.8 Å². The van der Waals surface area contributed by atoms with Crippen molar-refractivity contribution in [3.8, 4) is 0 Å². The van der Waals surface area contributed by atoms with Crippen LogP contribution < -0.4 is 5.32 Å². The van der Waals surface area contributed by atoms with E-state index >= 15 is 0 Å². The third-order valence-corrected chi connectivity index (χ3v) is 3.79. The van der Waals surface area contributed by atoms with Crippen molar-refractivity contribution in [2.45, 2.75) is 19.5 Å². The number of carbonyl (C=O) groups is 1. The molecule has 2 aromatic rings. The fraction of sp³-hybridized carbons (Fsp3) is 0.333. The molecule has 5 nitrogen and oxygen atoms in total. The van der Waals surface area contributed by atoms with Gasteiger partial charge in [0.05, 0.1) is 12.2 Å². The van der Waals surface area contributed by atoms with Crippen LogP contribution in [-0.4, -0.2) is 34.0 Å². The molecule has 2 rings (SSSR count). The third-order valence-electron chi connectivity index (χ3n) is 3.30. The quantitative estimate of drug-likeness (QED) is 0.766. The predicted molar refractivity (Wildman–Crippen MR) is 87.2 cm³/mol. The molecule has 1 N–H and O–H groups in total. The summed E-state index contributed by atoms with van der Waals surface area (Å²) in [5.74, 6) is -0.683. The normalized spacial score (nSPS) is 11.3. The highest BCUT2D eigenvalue weighted by atomic mass is 79.9. The lowest BCUT2D eigenvalue weighted by atomic mass is 10.3. The van der Waals surface area contributed by atoms with Crippen LogP contribution in [-0.2, 0) is 11.3 Å². The van der Waals surface area contributed by atoms with Crippen LogP contribution in [0.2, 0.25) is 0 Å². The Morgan fingerprint density at radius 3 is 2.88 bits per heavy atom. The zero-order valence-electron chi connectivity index (χ0n) is 12.8. The van der Waals surface area contributed by atoms with Crippen LogP contribution in [0, 0.1) is 5.82 Å². The fourth-order valence-electron chi connectivity index (χ4n) is 2.06. The molecule has 0 aliphatic rings. The molecular formula is C15H16BrF3N4O. The Hall–Kier alpha value is -1.87. The summed E-state index contributed by atoms with van der Waals surface area (Å²) in [5, 5.41) is 2.48. The molecule has 1 aromatic heterocycles. The van der Waals surface area contributed by atoms with Gasteiger partial charge >= 0.3 is 6.55 Å². The van der Waals surface area contributed by atoms with Crippen molar-refractivity contribution < 1.29 is 18.0 Å². The maximum atomic E-state index is 13.6. The predicted octanol–water partition coefficient (Wildman–Crippen LogP) is 3.64. The van der Waals surface area contributed by atoms with Gasteiger partial charge in [-0.1, -0.05) is 15.9 Å². The molecule has 130 valence electrons. The number of carbonyl (C=O) groups excluding carboxylic acids is 1. The first-order valence-electron chi connectivity index (χ1n) is 7.10. The van der Waals surface area contributed by atoms with Gasteiger partial charge in [-0.25, -0.2) is 9.37 Å². The standard InChI is InChI=1S/C15H16BrF3N4O/c1-22(9-13-20-5-7-23(13)15(18)19)6-4-14(24)21-12-3-2-10(16)8-11(12)17/h2-3,5,7-8,15H,4,6,9H2,1H3,(H,21,24). The number of amides is 1. The minimum absolute atomic E-state index is 0.0964. The van der Waals surface area contributed by atoms with Gasteiger partial charge in [-0.2, -0.15) is 8.78 Å². The number of hydrogen-bond donors (Lipinski definition) is 1. The minimum Gasteiger partial charge on any atom is -0.324 e. The summed E-state index contributed by atoms with van der Waals surface area (Å²) in [6, 6.07) is 4.33. The van der Waals surface area contributed by atoms with Gasteiger partial charge in [0.2, 0.25) is 5.91 Å². The van der Waals surface area contributed by atoms with E-state index in [0.717, 1.165) is 4.57 Å². The van der Waals surface area contributed by atoms with Crippen molar-refractivity contribution in [3.05, 3.63) is 46.7 Å². The van der Waals surface area contributed by atoms with Gasteiger partial charge in [0, 0.05) is 29.8 Å². The monoisotopic (exact) mass is 404 g/mol. The summed E-state index contributed by atoms with van der Waals surface area (Å²) in [6.45, 7) is -2.16. The van der Waals surface area contributed by atoms with Crippen LogP contribution in [0.15, 0.2) is 35.1 Å². The lowest BCUT2D eigenvalue weighted by Gasteiger charge is -2.17. The average molecular weight is 405 g/mol. The number of imidazole rings is 1. The summed E-state index contributed by atoms with van der Waals surface area (Å²) in [7, 11) is 1.69. The van der Waals surface area contributed by atoms with Crippen LogP contribution in [0.5, 0.6) is 0 Å². The summed E-state index contributed by atoms with van der Waals surface area (Å²) in [5.41, 5.74) is 0.0964. The molecule has 0 fully saturated rings. The Morgan fingerprint density at radius 2 is 2.21 bits per heavy atom. The number of rotatable bonds is 7. The first-order chi connectivity index (χ1) is 11.4. The SMILES string of the molecule is CN(CCC(=O)Nc1ccc(Br)cc1F)Cc1nccn1C(F)F. The van der Waals surface area contributed by atoms with E-state index in [1.807, 2.05) is 0 Å². The summed E-state index contributed by atoms with van der Waals surface area (Å²) < 4.78 is 40.5. The van der Waals surface area contributed by atoms with Crippen LogP contribution >= 0.6 is 15.9 Å². The van der Waals surface area contributed by atoms with Crippen LogP contribution in [0.4, 0.5) is 18.9 Å². The maximum Gasteiger partial charge on any atom is 0.319 e. The molecule has 1 amide bonds. The van der Waals surface area contributed by atoms with Gasteiger partial charge in [0.1, 0.15) is 11.6 Å². The van der Waals surface area contributed by atoms with E-state index in [0.29, 0.717) is 11.0 Å². The van der Waals surface area contributed by atoms with E-state index < -0.39 is 12.4 Å². The zero-order chi connectivity index (χ0) is 17.7. The number of anilines is 1. The van der Waals surface area contributed by atoms with E-state index in [1.54, 1.807) is 18.0 Å². The van der Waals surface area contributed by atoms with Crippen LogP contribution in [0.25, 0.3) is 0 Å². The molecule has 24 heavy (non-hydrogen) atoms. The van der Waals surface area contributed by atoms with Gasteiger partial charge in [-0.15, -0.1) is 0 Å². The molecule has 0 aliphatic heterocycles. The van der Waals surface area contributed by atoms with E-state index in [9.17, 15) is 18.0 Å². The van der Waals surface area contributed by atoms with E-state index in [4.69, 9.17) is 0 Å². The molecule has 0 spiro atoms. The number of nitrogens with one attached hydrogen (secondary N) is 1. The molecule has 9 heteroatoms. The van der Waals surface area contributed by atoms with Gasteiger partial charge < -0.3 is 5.32 Å². The lowest BCUT2D eigenvalue weighted by molar-refractivity contribution is -0.116. The summed E-state index contributed by atoms with van der Waals surface area (Å²) in [6.07, 6.45) is 2.61. The topological polar surface area (TPSA) is 50.2 Å². The summed E-state index contributed by atoms with van der Waals surface area (Å²) in [4.78, 5) is 17.4. The van der Waals surface area contributed by atoms with Crippen molar-refractivity contribution in [1.29, 1.82) is 0 Å². The number of benzene rings is 1. The van der Waals surface area contributed by atoms with Gasteiger partial charge in [-0.05, 0) is 25.2 Å². The Kier molecular flexibility index (Phi) is 6.38. The number of aromatic nitrogens is 2. The average Bonchev–Trinajstić information content (AvgIpc) is 2.96. The first kappa shape index (κ1) is 18.5. The molecule has 1 heterocycles. The van der Waals surface area contributed by atoms with Gasteiger partial charge in [0.25, 0.3) is 0 Å². The molecular weight excluding hydrogens is 389 g/mol. The maximum absolute atomic E-state index is 13.6. The Balaban J connectivity index is 1.83. The highest BCUT2D eigenvalue weighted by molar-refractivity contribution is 9.10. The Bertz CT molecular complexity index is 708. The highest BCUT2D eigenvalue weighted by Gasteiger charge is 2.14. The zero-order valence-corrected chi connectivity index (χ0v) is 14.4. The van der Waals surface area contributed by atoms with Crippen molar-refractivity contribution >= 4 is 27.5 Å². The number of alkyl halides is 2. The number of halogens is 4. The second-order valence-electron chi connectivity index (χ2n) is 5.19. The van der Waals surface area contributed by atoms with E-state index in [2.05, 4.69) is 26.2 Å². The van der Waals surface area contributed by atoms with Gasteiger partial charge in [-0.3, -0.25) is 14.3 Å². The summed E-state index contributed by atoms with van der Waals surface area (Å²) >= 11 is 3.14. The van der Waals surface area contributed by atoms with Crippen molar-refractivity contribution in [2.24, 2.45) is 0 Å². The third kappa shape index (κ3) is 5.07. The number of nitrogens with zero attached hydrogens (tertiary/aromatic N) is 3. The first-order valence-corrected chi connectivity index (χ1v) is 7.89. The van der Waals surface area contributed by atoms with Crippen molar-refractivity contribution in [3.63, 3.8) is 0 Å². The molecule has 1 aromatic carbocycles. The Morgan fingerprint density at radius 1 is 1.46 bits per heavy atom. The second-order valence-corrected chi connectivity index (χ2v) is 6.10. The smallest absolute Gasteiger partial charge is 0.319 e. The fourth-order valence-corrected chi connectivity index (χ4v) is 2.39. The Labute approximate surface area is 145 Å². The second kappa shape index (κ2) is 8.29. The van der Waals surface area contributed by atoms with Crippen molar-refractivity contribution in [2.75, 3.05) is 18.9 Å². The molecule has 0 radical (unpaired) electrons. The van der Waals surface area contributed by atoms with Crippen LogP contribution in [0.3, 0.4) is 0 Å². The molecule has 0 saturated carbocycles. The van der Waals surface area contributed by atoms with E-state index in [1.165, 1.54) is 24.5 Å².